The smallest absolute Gasteiger partial charge is 0.0400 e. The lowest BCUT2D eigenvalue weighted by molar-refractivity contribution is 0.0774. The van der Waals surface area contributed by atoms with Crippen LogP contribution in [0.1, 0.15) is 20.8 Å². The van der Waals surface area contributed by atoms with Gasteiger partial charge in [-0.2, -0.15) is 0 Å². The molecule has 0 bridgehead atoms. The maximum atomic E-state index is 3.55. The van der Waals surface area contributed by atoms with Crippen molar-refractivity contribution in [2.75, 3.05) is 13.1 Å². The van der Waals surface area contributed by atoms with Gasteiger partial charge in [0, 0.05) is 23.5 Å². The van der Waals surface area contributed by atoms with Crippen molar-refractivity contribution in [3.05, 3.63) is 0 Å². The molecule has 9 heavy (non-hydrogen) atoms. The lowest BCUT2D eigenvalue weighted by atomic mass is 10.0. The molecule has 1 nitrogen and oxygen atoms in total. The van der Waals surface area contributed by atoms with Crippen molar-refractivity contribution < 1.29 is 0 Å². The summed E-state index contributed by atoms with van der Waals surface area (Å²) in [6, 6.07) is 0. The second kappa shape index (κ2) is 2.24. The fourth-order valence-electron chi connectivity index (χ4n) is 0.973. The molecular weight excluding hydrogens is 178 g/mol. The van der Waals surface area contributed by atoms with E-state index in [0.29, 0.717) is 5.54 Å². The molecule has 54 valence electrons. The highest BCUT2D eigenvalue weighted by Gasteiger charge is 2.32. The van der Waals surface area contributed by atoms with Crippen molar-refractivity contribution >= 4 is 15.9 Å². The highest BCUT2D eigenvalue weighted by atomic mass is 79.9. The minimum Gasteiger partial charge on any atom is -0.296 e. The topological polar surface area (TPSA) is 3.24 Å². The molecule has 0 aromatic heterocycles. The maximum Gasteiger partial charge on any atom is 0.0400 e. The Morgan fingerprint density at radius 3 is 1.89 bits per heavy atom. The number of hydrogen-bond donors (Lipinski definition) is 0. The lowest BCUT2D eigenvalue weighted by Gasteiger charge is -2.45. The number of nitrogens with zero attached hydrogens (tertiary/aromatic N) is 1. The Kier molecular flexibility index (Phi) is 1.88. The van der Waals surface area contributed by atoms with Crippen LogP contribution in [0.25, 0.3) is 0 Å². The summed E-state index contributed by atoms with van der Waals surface area (Å²) in [5.74, 6) is 0. The van der Waals surface area contributed by atoms with Crippen LogP contribution < -0.4 is 0 Å². The van der Waals surface area contributed by atoms with Gasteiger partial charge in [0.15, 0.2) is 0 Å². The highest BCUT2D eigenvalue weighted by Crippen LogP contribution is 2.24. The summed E-state index contributed by atoms with van der Waals surface area (Å²) < 4.78 is 0. The summed E-state index contributed by atoms with van der Waals surface area (Å²) in [6.07, 6.45) is 0. The highest BCUT2D eigenvalue weighted by molar-refractivity contribution is 9.09. The Morgan fingerprint density at radius 2 is 1.78 bits per heavy atom. The van der Waals surface area contributed by atoms with Gasteiger partial charge in [0.2, 0.25) is 0 Å². The average Bonchev–Trinajstić information content (AvgIpc) is 1.55. The summed E-state index contributed by atoms with van der Waals surface area (Å²) in [4.78, 5) is 3.21. The van der Waals surface area contributed by atoms with Gasteiger partial charge in [-0.05, 0) is 20.8 Å². The van der Waals surface area contributed by atoms with Gasteiger partial charge in [0.05, 0.1) is 0 Å². The van der Waals surface area contributed by atoms with Crippen LogP contribution in [0.3, 0.4) is 0 Å². The standard InChI is InChI=1S/C7H14BrN/c1-7(2,3)9-4-6(8)5-9/h6H,4-5H2,1-3H3. The van der Waals surface area contributed by atoms with Gasteiger partial charge in [-0.1, -0.05) is 15.9 Å². The summed E-state index contributed by atoms with van der Waals surface area (Å²) >= 11 is 3.55. The third-order valence-corrected chi connectivity index (χ3v) is 2.36. The van der Waals surface area contributed by atoms with Crippen LogP contribution >= 0.6 is 15.9 Å². The number of halogens is 1. The van der Waals surface area contributed by atoms with Crippen molar-refractivity contribution in [2.45, 2.75) is 31.1 Å². The SMILES string of the molecule is CC(C)(C)N1CC(Br)C1. The molecule has 2 heteroatoms. The molecule has 1 fully saturated rings. The molecule has 0 radical (unpaired) electrons. The number of rotatable bonds is 0. The van der Waals surface area contributed by atoms with Gasteiger partial charge in [-0.15, -0.1) is 0 Å². The molecule has 0 aromatic rings. The van der Waals surface area contributed by atoms with Crippen LogP contribution in [0.15, 0.2) is 0 Å². The second-order valence-electron chi connectivity index (χ2n) is 3.67. The Labute approximate surface area is 65.6 Å². The number of alkyl halides is 1. The molecule has 1 aliphatic rings. The molecule has 1 rings (SSSR count). The van der Waals surface area contributed by atoms with E-state index in [1.165, 1.54) is 13.1 Å². The molecule has 0 spiro atoms. The third-order valence-electron chi connectivity index (χ3n) is 1.79. The summed E-state index contributed by atoms with van der Waals surface area (Å²) in [5, 5.41) is 0. The van der Waals surface area contributed by atoms with Crippen molar-refractivity contribution in [3.8, 4) is 0 Å². The molecule has 0 aliphatic carbocycles. The van der Waals surface area contributed by atoms with E-state index < -0.39 is 0 Å². The average molecular weight is 192 g/mol. The van der Waals surface area contributed by atoms with E-state index in [9.17, 15) is 0 Å². The van der Waals surface area contributed by atoms with E-state index in [0.717, 1.165) is 4.83 Å². The van der Waals surface area contributed by atoms with Crippen molar-refractivity contribution in [1.29, 1.82) is 0 Å². The summed E-state index contributed by atoms with van der Waals surface area (Å²) in [6.45, 7) is 9.19. The molecular formula is C7H14BrN. The van der Waals surface area contributed by atoms with Crippen LogP contribution in [0, 0.1) is 0 Å². The van der Waals surface area contributed by atoms with Crippen molar-refractivity contribution in [2.24, 2.45) is 0 Å². The first-order valence-electron chi connectivity index (χ1n) is 3.39. The summed E-state index contributed by atoms with van der Waals surface area (Å²) in [7, 11) is 0. The first kappa shape index (κ1) is 7.55. The molecule has 0 N–H and O–H groups in total. The minimum absolute atomic E-state index is 0.379. The van der Waals surface area contributed by atoms with Crippen molar-refractivity contribution in [1.82, 2.24) is 4.90 Å². The van der Waals surface area contributed by atoms with Crippen molar-refractivity contribution in [3.63, 3.8) is 0 Å². The molecule has 1 saturated heterocycles. The van der Waals surface area contributed by atoms with E-state index in [1.54, 1.807) is 0 Å². The molecule has 1 aliphatic heterocycles. The second-order valence-corrected chi connectivity index (χ2v) is 4.97. The molecule has 0 saturated carbocycles. The van der Waals surface area contributed by atoms with Gasteiger partial charge in [-0.3, -0.25) is 4.90 Å². The first-order valence-corrected chi connectivity index (χ1v) is 4.31. The van der Waals surface area contributed by atoms with Gasteiger partial charge in [0.25, 0.3) is 0 Å². The van der Waals surface area contributed by atoms with Crippen LogP contribution in [0.2, 0.25) is 0 Å². The fourth-order valence-corrected chi connectivity index (χ4v) is 1.67. The van der Waals surface area contributed by atoms with Gasteiger partial charge >= 0.3 is 0 Å². The summed E-state index contributed by atoms with van der Waals surface area (Å²) in [5.41, 5.74) is 0.379. The molecule has 0 atom stereocenters. The van der Waals surface area contributed by atoms with Crippen LogP contribution in [-0.4, -0.2) is 28.4 Å². The van der Waals surface area contributed by atoms with Crippen LogP contribution in [-0.2, 0) is 0 Å². The first-order chi connectivity index (χ1) is 4.00. The van der Waals surface area contributed by atoms with Gasteiger partial charge < -0.3 is 0 Å². The van der Waals surface area contributed by atoms with Gasteiger partial charge in [-0.25, -0.2) is 0 Å². The Bertz CT molecular complexity index is 100.0. The van der Waals surface area contributed by atoms with E-state index >= 15 is 0 Å². The normalized spacial score (nSPS) is 24.0. The van der Waals surface area contributed by atoms with E-state index in [4.69, 9.17) is 0 Å². The molecule has 0 amide bonds. The largest absolute Gasteiger partial charge is 0.296 e. The molecule has 1 heterocycles. The number of hydrogen-bond acceptors (Lipinski definition) is 1. The Morgan fingerprint density at radius 1 is 1.33 bits per heavy atom. The van der Waals surface area contributed by atoms with Crippen LogP contribution in [0.4, 0.5) is 0 Å². The monoisotopic (exact) mass is 191 g/mol. The number of likely N-dealkylation sites (tertiary alicyclic amines) is 1. The van der Waals surface area contributed by atoms with Gasteiger partial charge in [0.1, 0.15) is 0 Å². The quantitative estimate of drug-likeness (QED) is 0.529. The minimum atomic E-state index is 0.379. The predicted octanol–water partition coefficient (Wildman–Crippen LogP) is 1.86. The lowest BCUT2D eigenvalue weighted by Crippen LogP contribution is -2.56. The zero-order chi connectivity index (χ0) is 7.07. The Hall–Kier alpha value is 0.440. The Balaban J connectivity index is 2.32. The predicted molar refractivity (Wildman–Crippen MR) is 44.0 cm³/mol. The van der Waals surface area contributed by atoms with Crippen LogP contribution in [0.5, 0.6) is 0 Å². The molecule has 0 unspecified atom stereocenters. The van der Waals surface area contributed by atoms with E-state index in [2.05, 4.69) is 41.6 Å². The fraction of sp³-hybridized carbons (Fsp3) is 1.00. The van der Waals surface area contributed by atoms with E-state index in [1.807, 2.05) is 0 Å². The zero-order valence-electron chi connectivity index (χ0n) is 6.32. The molecule has 0 aromatic carbocycles. The third kappa shape index (κ3) is 1.68. The zero-order valence-corrected chi connectivity index (χ0v) is 7.90. The van der Waals surface area contributed by atoms with E-state index in [-0.39, 0.29) is 0 Å². The maximum absolute atomic E-state index is 3.55.